The highest BCUT2D eigenvalue weighted by Crippen LogP contribution is 2.26. The summed E-state index contributed by atoms with van der Waals surface area (Å²) in [6.45, 7) is -0.877. The zero-order valence-corrected chi connectivity index (χ0v) is 10.9. The van der Waals surface area contributed by atoms with Crippen molar-refractivity contribution in [2.75, 3.05) is 6.61 Å². The lowest BCUT2D eigenvalue weighted by Crippen LogP contribution is -2.08. The molecule has 0 fully saturated rings. The molecule has 0 atom stereocenters. The number of aromatic nitrogens is 2. The molecule has 1 N–H and O–H groups in total. The first-order valence-corrected chi connectivity index (χ1v) is 5.98. The van der Waals surface area contributed by atoms with Gasteiger partial charge in [-0.3, -0.25) is 14.9 Å². The van der Waals surface area contributed by atoms with Crippen molar-refractivity contribution < 1.29 is 23.6 Å². The summed E-state index contributed by atoms with van der Waals surface area (Å²) in [7, 11) is 0. The summed E-state index contributed by atoms with van der Waals surface area (Å²) in [5.74, 6) is -0.940. The largest absolute Gasteiger partial charge is 0.388 e. The summed E-state index contributed by atoms with van der Waals surface area (Å²) in [5, 5.41) is 19.8. The van der Waals surface area contributed by atoms with Gasteiger partial charge in [0.2, 0.25) is 0 Å². The van der Waals surface area contributed by atoms with E-state index in [4.69, 9.17) is 5.11 Å². The molecule has 2 aromatic rings. The predicted molar refractivity (Wildman–Crippen MR) is 70.5 cm³/mol. The minimum absolute atomic E-state index is 0.115. The third kappa shape index (κ3) is 3.09. The van der Waals surface area contributed by atoms with Crippen LogP contribution in [0.3, 0.4) is 0 Å². The average molecular weight is 309 g/mol. The fraction of sp³-hybridized carbons (Fsp3) is 0.154. The van der Waals surface area contributed by atoms with Crippen LogP contribution in [0.5, 0.6) is 0 Å². The van der Waals surface area contributed by atoms with Gasteiger partial charge in [-0.1, -0.05) is 0 Å². The van der Waals surface area contributed by atoms with Crippen LogP contribution in [0.1, 0.15) is 22.5 Å². The first-order valence-electron chi connectivity index (χ1n) is 5.98. The van der Waals surface area contributed by atoms with Crippen molar-refractivity contribution >= 4 is 11.5 Å². The van der Waals surface area contributed by atoms with Crippen molar-refractivity contribution in [1.29, 1.82) is 0 Å². The van der Waals surface area contributed by atoms with Crippen molar-refractivity contribution in [1.82, 2.24) is 9.97 Å². The number of alkyl halides is 2. The van der Waals surface area contributed by atoms with Gasteiger partial charge in [0.25, 0.3) is 12.1 Å². The molecule has 0 saturated carbocycles. The number of nitro benzene ring substituents is 1. The topological polar surface area (TPSA) is 106 Å². The van der Waals surface area contributed by atoms with E-state index in [0.29, 0.717) is 0 Å². The van der Waals surface area contributed by atoms with E-state index in [9.17, 15) is 23.7 Å². The lowest BCUT2D eigenvalue weighted by Gasteiger charge is -2.05. The van der Waals surface area contributed by atoms with Crippen LogP contribution >= 0.6 is 0 Å². The maximum atomic E-state index is 12.6. The molecule has 22 heavy (non-hydrogen) atoms. The zero-order valence-electron chi connectivity index (χ0n) is 10.9. The Kier molecular flexibility index (Phi) is 4.47. The monoisotopic (exact) mass is 309 g/mol. The smallest absolute Gasteiger partial charge is 0.281 e. The summed E-state index contributed by atoms with van der Waals surface area (Å²) < 4.78 is 25.2. The number of Topliss-reactive ketones (excluding diaryl/α,β-unsaturated/α-hetero) is 1. The van der Waals surface area contributed by atoms with Crippen molar-refractivity contribution in [2.45, 2.75) is 6.43 Å². The van der Waals surface area contributed by atoms with Crippen LogP contribution in [-0.2, 0) is 0 Å². The molecule has 7 nitrogen and oxygen atoms in total. The minimum atomic E-state index is -2.80. The van der Waals surface area contributed by atoms with Crippen molar-refractivity contribution in [3.8, 4) is 11.4 Å². The predicted octanol–water partition coefficient (Wildman–Crippen LogP) is 2.16. The van der Waals surface area contributed by atoms with Gasteiger partial charge in [0.05, 0.1) is 10.5 Å². The second-order valence-electron chi connectivity index (χ2n) is 4.18. The summed E-state index contributed by atoms with van der Waals surface area (Å²) in [6, 6.07) is 4.46. The van der Waals surface area contributed by atoms with Crippen LogP contribution in [0.25, 0.3) is 11.4 Å². The molecule has 1 heterocycles. The number of hydrogen-bond acceptors (Lipinski definition) is 6. The molecular weight excluding hydrogens is 300 g/mol. The standard InChI is InChI=1S/C13H9F2N3O4/c14-12(15)9-3-4-16-13(17-9)7-1-2-8(11(20)6-19)10(5-7)18(21)22/h1-5,12,19H,6H2. The Labute approximate surface area is 122 Å². The maximum Gasteiger partial charge on any atom is 0.281 e. The summed E-state index contributed by atoms with van der Waals surface area (Å²) in [6.07, 6.45) is -1.69. The molecule has 2 rings (SSSR count). The number of nitro groups is 1. The Morgan fingerprint density at radius 1 is 1.36 bits per heavy atom. The van der Waals surface area contributed by atoms with E-state index in [2.05, 4.69) is 9.97 Å². The van der Waals surface area contributed by atoms with E-state index in [1.165, 1.54) is 6.07 Å². The summed E-state index contributed by atoms with van der Waals surface area (Å²) in [4.78, 5) is 29.1. The van der Waals surface area contributed by atoms with E-state index < -0.39 is 35.1 Å². The van der Waals surface area contributed by atoms with Gasteiger partial charge in [-0.25, -0.2) is 18.7 Å². The van der Waals surface area contributed by atoms with E-state index in [1.54, 1.807) is 0 Å². The molecule has 0 spiro atoms. The van der Waals surface area contributed by atoms with Crippen LogP contribution in [-0.4, -0.2) is 32.4 Å². The number of carbonyl (C=O) groups is 1. The van der Waals surface area contributed by atoms with Gasteiger partial charge in [-0.05, 0) is 18.2 Å². The van der Waals surface area contributed by atoms with Crippen LogP contribution in [0.4, 0.5) is 14.5 Å². The van der Waals surface area contributed by atoms with E-state index in [1.807, 2.05) is 0 Å². The van der Waals surface area contributed by atoms with Crippen LogP contribution < -0.4 is 0 Å². The fourth-order valence-corrected chi connectivity index (χ4v) is 1.78. The Morgan fingerprint density at radius 3 is 2.68 bits per heavy atom. The molecule has 0 aliphatic heterocycles. The number of carbonyl (C=O) groups excluding carboxylic acids is 1. The van der Waals surface area contributed by atoms with Gasteiger partial charge < -0.3 is 5.11 Å². The van der Waals surface area contributed by atoms with Gasteiger partial charge in [0, 0.05) is 17.8 Å². The minimum Gasteiger partial charge on any atom is -0.388 e. The highest BCUT2D eigenvalue weighted by molar-refractivity contribution is 6.01. The molecule has 0 saturated heterocycles. The van der Waals surface area contributed by atoms with Crippen molar-refractivity contribution in [2.24, 2.45) is 0 Å². The maximum absolute atomic E-state index is 12.6. The first-order chi connectivity index (χ1) is 10.4. The second-order valence-corrected chi connectivity index (χ2v) is 4.18. The summed E-state index contributed by atoms with van der Waals surface area (Å²) >= 11 is 0. The number of nitrogens with zero attached hydrogens (tertiary/aromatic N) is 3. The van der Waals surface area contributed by atoms with Gasteiger partial charge in [-0.15, -0.1) is 0 Å². The summed E-state index contributed by atoms with van der Waals surface area (Å²) in [5.41, 5.74) is -1.23. The second kappa shape index (κ2) is 6.31. The van der Waals surface area contributed by atoms with Gasteiger partial charge in [-0.2, -0.15) is 0 Å². The number of aliphatic hydroxyl groups is 1. The van der Waals surface area contributed by atoms with Gasteiger partial charge >= 0.3 is 0 Å². The third-order valence-electron chi connectivity index (χ3n) is 2.80. The number of ketones is 1. The van der Waals surface area contributed by atoms with Crippen LogP contribution in [0, 0.1) is 10.1 Å². The molecule has 0 aliphatic rings. The van der Waals surface area contributed by atoms with Crippen LogP contribution in [0.2, 0.25) is 0 Å². The number of rotatable bonds is 5. The molecule has 9 heteroatoms. The first kappa shape index (κ1) is 15.6. The average Bonchev–Trinajstić information content (AvgIpc) is 2.53. The highest BCUT2D eigenvalue weighted by atomic mass is 19.3. The SMILES string of the molecule is O=C(CO)c1ccc(-c2nccc(C(F)F)n2)cc1[N+](=O)[O-]. The Morgan fingerprint density at radius 2 is 2.09 bits per heavy atom. The third-order valence-corrected chi connectivity index (χ3v) is 2.80. The molecule has 1 aromatic heterocycles. The Hall–Kier alpha value is -2.81. The number of hydrogen-bond donors (Lipinski definition) is 1. The Balaban J connectivity index is 2.53. The van der Waals surface area contributed by atoms with Gasteiger partial charge in [0.15, 0.2) is 11.6 Å². The molecule has 0 bridgehead atoms. The quantitative estimate of drug-likeness (QED) is 0.515. The normalized spacial score (nSPS) is 10.7. The molecule has 0 radical (unpaired) electrons. The number of aliphatic hydroxyl groups excluding tert-OH is 1. The Bertz CT molecular complexity index is 737. The lowest BCUT2D eigenvalue weighted by atomic mass is 10.1. The van der Waals surface area contributed by atoms with E-state index in [0.717, 1.165) is 24.4 Å². The molecule has 1 aromatic carbocycles. The number of benzene rings is 1. The fourth-order valence-electron chi connectivity index (χ4n) is 1.78. The number of halogens is 2. The molecule has 0 aliphatic carbocycles. The van der Waals surface area contributed by atoms with Crippen molar-refractivity contribution in [3.63, 3.8) is 0 Å². The molecule has 0 unspecified atom stereocenters. The van der Waals surface area contributed by atoms with Crippen LogP contribution in [0.15, 0.2) is 30.5 Å². The molecular formula is C13H9F2N3O4. The van der Waals surface area contributed by atoms with E-state index >= 15 is 0 Å². The lowest BCUT2D eigenvalue weighted by molar-refractivity contribution is -0.385. The molecule has 114 valence electrons. The van der Waals surface area contributed by atoms with Crippen molar-refractivity contribution in [3.05, 3.63) is 51.8 Å². The van der Waals surface area contributed by atoms with Gasteiger partial charge in [0.1, 0.15) is 12.3 Å². The zero-order chi connectivity index (χ0) is 16.3. The highest BCUT2D eigenvalue weighted by Gasteiger charge is 2.21. The molecule has 0 amide bonds. The van der Waals surface area contributed by atoms with E-state index in [-0.39, 0.29) is 17.0 Å².